The highest BCUT2D eigenvalue weighted by atomic mass is 79.9. The summed E-state index contributed by atoms with van der Waals surface area (Å²) in [6.07, 6.45) is 7.84. The molecule has 0 bridgehead atoms. The largest absolute Gasteiger partial charge is 0.493 e. The van der Waals surface area contributed by atoms with E-state index in [9.17, 15) is 9.90 Å². The van der Waals surface area contributed by atoms with Crippen molar-refractivity contribution in [3.05, 3.63) is 131 Å². The summed E-state index contributed by atoms with van der Waals surface area (Å²) >= 11 is 3.51. The van der Waals surface area contributed by atoms with Crippen molar-refractivity contribution >= 4 is 38.4 Å². The third kappa shape index (κ3) is 6.62. The Kier molecular flexibility index (Phi) is 9.19. The summed E-state index contributed by atoms with van der Waals surface area (Å²) in [5, 5.41) is 20.2. The van der Waals surface area contributed by atoms with Gasteiger partial charge in [0.1, 0.15) is 0 Å². The standard InChI is InChI=1S/C31H29BrN4O2/c1-3-5-12-23(4-2)20-35(21-24-13-8-6-9-14-24)22-36-28-18-17-26(32)19-27(28)29(31(36)38)33-34-30(37)25-15-10-7-11-16-25/h3-19,38H,2,20-22H2,1H3/b5-3-,23-12+,34-33?. The Balaban J connectivity index is 1.73. The van der Waals surface area contributed by atoms with E-state index < -0.39 is 5.91 Å². The van der Waals surface area contributed by atoms with Crippen LogP contribution in [0.25, 0.3) is 10.9 Å². The van der Waals surface area contributed by atoms with Crippen LogP contribution in [0.5, 0.6) is 5.88 Å². The van der Waals surface area contributed by atoms with Crippen molar-refractivity contribution < 1.29 is 9.90 Å². The van der Waals surface area contributed by atoms with Gasteiger partial charge >= 0.3 is 0 Å². The molecule has 4 aromatic rings. The molecule has 1 heterocycles. The molecular formula is C31H29BrN4O2. The van der Waals surface area contributed by atoms with Crippen LogP contribution < -0.4 is 0 Å². The summed E-state index contributed by atoms with van der Waals surface area (Å²) in [5.74, 6) is -0.533. The highest BCUT2D eigenvalue weighted by molar-refractivity contribution is 9.10. The van der Waals surface area contributed by atoms with Gasteiger partial charge in [0.2, 0.25) is 5.88 Å². The molecule has 7 heteroatoms. The first-order valence-corrected chi connectivity index (χ1v) is 13.0. The molecule has 0 aliphatic carbocycles. The minimum absolute atomic E-state index is 0.0571. The molecule has 6 nitrogen and oxygen atoms in total. The van der Waals surface area contributed by atoms with Crippen molar-refractivity contribution in [2.75, 3.05) is 6.54 Å². The zero-order valence-corrected chi connectivity index (χ0v) is 22.8. The minimum atomic E-state index is -0.476. The number of nitrogens with zero attached hydrogens (tertiary/aromatic N) is 4. The van der Waals surface area contributed by atoms with E-state index in [0.717, 1.165) is 21.1 Å². The lowest BCUT2D eigenvalue weighted by molar-refractivity contribution is 0.0995. The highest BCUT2D eigenvalue weighted by Crippen LogP contribution is 2.40. The minimum Gasteiger partial charge on any atom is -0.493 e. The molecule has 0 radical (unpaired) electrons. The number of hydrogen-bond acceptors (Lipinski definition) is 4. The van der Waals surface area contributed by atoms with Crippen molar-refractivity contribution in [2.24, 2.45) is 10.2 Å². The van der Waals surface area contributed by atoms with Crippen molar-refractivity contribution in [1.29, 1.82) is 0 Å². The van der Waals surface area contributed by atoms with Crippen LogP contribution in [0.15, 0.2) is 130 Å². The summed E-state index contributed by atoms with van der Waals surface area (Å²) in [7, 11) is 0. The molecule has 38 heavy (non-hydrogen) atoms. The number of allylic oxidation sites excluding steroid dienone is 3. The number of aromatic hydroxyl groups is 1. The number of rotatable bonds is 10. The van der Waals surface area contributed by atoms with Gasteiger partial charge in [-0.05, 0) is 48.4 Å². The van der Waals surface area contributed by atoms with Crippen LogP contribution in [0.2, 0.25) is 0 Å². The number of aromatic nitrogens is 1. The molecule has 0 spiro atoms. The van der Waals surface area contributed by atoms with Crippen LogP contribution in [-0.2, 0) is 13.2 Å². The second-order valence-electron chi connectivity index (χ2n) is 8.72. The number of azo groups is 1. The molecule has 0 aliphatic rings. The van der Waals surface area contributed by atoms with Crippen LogP contribution in [0.4, 0.5) is 5.69 Å². The zero-order chi connectivity index (χ0) is 26.9. The van der Waals surface area contributed by atoms with Gasteiger partial charge in [-0.1, -0.05) is 95.3 Å². The number of amides is 1. The maximum absolute atomic E-state index is 12.6. The molecule has 0 unspecified atom stereocenters. The number of halogens is 1. The second kappa shape index (κ2) is 12.9. The van der Waals surface area contributed by atoms with Crippen molar-refractivity contribution in [3.8, 4) is 5.88 Å². The van der Waals surface area contributed by atoms with E-state index in [2.05, 4.69) is 49.8 Å². The molecule has 0 saturated heterocycles. The highest BCUT2D eigenvalue weighted by Gasteiger charge is 2.20. The molecular weight excluding hydrogens is 540 g/mol. The quantitative estimate of drug-likeness (QED) is 0.155. The predicted molar refractivity (Wildman–Crippen MR) is 157 cm³/mol. The molecule has 192 valence electrons. The molecule has 4 rings (SSSR count). The topological polar surface area (TPSA) is 70.2 Å². The molecule has 0 fully saturated rings. The van der Waals surface area contributed by atoms with Crippen LogP contribution in [0, 0.1) is 0 Å². The van der Waals surface area contributed by atoms with Gasteiger partial charge in [-0.15, -0.1) is 10.2 Å². The lowest BCUT2D eigenvalue weighted by Crippen LogP contribution is -2.27. The first-order valence-electron chi connectivity index (χ1n) is 12.2. The van der Waals surface area contributed by atoms with E-state index in [1.807, 2.05) is 73.7 Å². The molecule has 0 atom stereocenters. The average molecular weight is 570 g/mol. The van der Waals surface area contributed by atoms with Gasteiger partial charge in [-0.25, -0.2) is 0 Å². The fraction of sp³-hybridized carbons (Fsp3) is 0.129. The number of carbonyl (C=O) groups excluding carboxylic acids is 1. The smallest absolute Gasteiger partial charge is 0.295 e. The SMILES string of the molecule is C=C/C(=C\C=C/C)CN(Cc1ccccc1)Cn1c(O)c(N=NC(=O)c2ccccc2)c2cc(Br)ccc21. The zero-order valence-electron chi connectivity index (χ0n) is 21.2. The van der Waals surface area contributed by atoms with Crippen LogP contribution in [0.3, 0.4) is 0 Å². The average Bonchev–Trinajstić information content (AvgIpc) is 3.19. The first kappa shape index (κ1) is 27.0. The lowest BCUT2D eigenvalue weighted by atomic mass is 10.2. The third-order valence-corrected chi connectivity index (χ3v) is 6.49. The van der Waals surface area contributed by atoms with Gasteiger partial charge in [0.15, 0.2) is 5.69 Å². The fourth-order valence-electron chi connectivity index (χ4n) is 4.13. The van der Waals surface area contributed by atoms with E-state index in [1.165, 1.54) is 0 Å². The Bertz CT molecular complexity index is 1510. The normalized spacial score (nSPS) is 12.2. The Morgan fingerprint density at radius 2 is 1.79 bits per heavy atom. The fourth-order valence-corrected chi connectivity index (χ4v) is 4.49. The summed E-state index contributed by atoms with van der Waals surface area (Å²) < 4.78 is 2.62. The summed E-state index contributed by atoms with van der Waals surface area (Å²) in [6.45, 7) is 7.59. The number of fused-ring (bicyclic) bond motifs is 1. The van der Waals surface area contributed by atoms with E-state index >= 15 is 0 Å². The Hall–Kier alpha value is -4.07. The van der Waals surface area contributed by atoms with Crippen LogP contribution in [0.1, 0.15) is 22.8 Å². The number of carbonyl (C=O) groups is 1. The number of hydrogen-bond donors (Lipinski definition) is 1. The van der Waals surface area contributed by atoms with E-state index in [1.54, 1.807) is 28.8 Å². The van der Waals surface area contributed by atoms with Gasteiger partial charge in [0, 0.05) is 28.5 Å². The summed E-state index contributed by atoms with van der Waals surface area (Å²) in [5.41, 5.74) is 3.65. The van der Waals surface area contributed by atoms with E-state index in [0.29, 0.717) is 30.7 Å². The first-order chi connectivity index (χ1) is 18.5. The summed E-state index contributed by atoms with van der Waals surface area (Å²) in [4.78, 5) is 14.8. The second-order valence-corrected chi connectivity index (χ2v) is 9.63. The molecule has 1 N–H and O–H groups in total. The Labute approximate surface area is 231 Å². The Morgan fingerprint density at radius 1 is 1.08 bits per heavy atom. The van der Waals surface area contributed by atoms with Gasteiger partial charge in [-0.2, -0.15) is 0 Å². The van der Waals surface area contributed by atoms with E-state index in [-0.39, 0.29) is 11.6 Å². The third-order valence-electron chi connectivity index (χ3n) is 6.00. The van der Waals surface area contributed by atoms with Crippen molar-refractivity contribution in [3.63, 3.8) is 0 Å². The van der Waals surface area contributed by atoms with Gasteiger partial charge < -0.3 is 5.11 Å². The predicted octanol–water partition coefficient (Wildman–Crippen LogP) is 8.18. The van der Waals surface area contributed by atoms with Gasteiger partial charge in [0.05, 0.1) is 12.2 Å². The summed E-state index contributed by atoms with van der Waals surface area (Å²) in [6, 6.07) is 24.6. The van der Waals surface area contributed by atoms with Gasteiger partial charge in [-0.3, -0.25) is 14.3 Å². The molecule has 3 aromatic carbocycles. The Morgan fingerprint density at radius 3 is 2.47 bits per heavy atom. The van der Waals surface area contributed by atoms with Crippen LogP contribution in [-0.4, -0.2) is 27.0 Å². The molecule has 0 aliphatic heterocycles. The van der Waals surface area contributed by atoms with Crippen LogP contribution >= 0.6 is 15.9 Å². The van der Waals surface area contributed by atoms with Gasteiger partial charge in [0.25, 0.3) is 5.91 Å². The maximum Gasteiger partial charge on any atom is 0.295 e. The monoisotopic (exact) mass is 568 g/mol. The lowest BCUT2D eigenvalue weighted by Gasteiger charge is -2.24. The maximum atomic E-state index is 12.6. The molecule has 0 saturated carbocycles. The van der Waals surface area contributed by atoms with E-state index in [4.69, 9.17) is 0 Å². The number of benzene rings is 3. The molecule has 1 aromatic heterocycles. The molecule has 1 amide bonds. The van der Waals surface area contributed by atoms with Crippen molar-refractivity contribution in [1.82, 2.24) is 9.47 Å². The van der Waals surface area contributed by atoms with Crippen molar-refractivity contribution in [2.45, 2.75) is 20.1 Å².